The minimum atomic E-state index is 0.264. The Morgan fingerprint density at radius 1 is 1.08 bits per heavy atom. The molecule has 24 heavy (non-hydrogen) atoms. The molecule has 2 heterocycles. The van der Waals surface area contributed by atoms with Gasteiger partial charge in [0.15, 0.2) is 0 Å². The van der Waals surface area contributed by atoms with Gasteiger partial charge in [-0.2, -0.15) is 4.98 Å². The van der Waals surface area contributed by atoms with Crippen molar-refractivity contribution in [1.29, 1.82) is 0 Å². The minimum absolute atomic E-state index is 0.264. The van der Waals surface area contributed by atoms with Gasteiger partial charge in [0.2, 0.25) is 5.82 Å². The number of anilines is 1. The van der Waals surface area contributed by atoms with Crippen LogP contribution < -0.4 is 9.64 Å². The Kier molecular flexibility index (Phi) is 3.91. The number of hydrogen-bond acceptors (Lipinski definition) is 5. The van der Waals surface area contributed by atoms with Crippen molar-refractivity contribution in [3.8, 4) is 17.1 Å². The summed E-state index contributed by atoms with van der Waals surface area (Å²) >= 11 is 0. The first-order chi connectivity index (χ1) is 11.8. The molecule has 0 radical (unpaired) electrons. The monoisotopic (exact) mass is 321 g/mol. The van der Waals surface area contributed by atoms with Crippen LogP contribution in [0.5, 0.6) is 5.75 Å². The fourth-order valence-corrected chi connectivity index (χ4v) is 3.20. The van der Waals surface area contributed by atoms with Crippen LogP contribution in [0.3, 0.4) is 0 Å². The summed E-state index contributed by atoms with van der Waals surface area (Å²) in [7, 11) is 1.68. The van der Waals surface area contributed by atoms with E-state index in [-0.39, 0.29) is 6.04 Å². The first kappa shape index (κ1) is 14.8. The van der Waals surface area contributed by atoms with E-state index in [1.165, 1.54) is 5.56 Å². The summed E-state index contributed by atoms with van der Waals surface area (Å²) in [4.78, 5) is 6.79. The second-order valence-electron chi connectivity index (χ2n) is 5.89. The van der Waals surface area contributed by atoms with Crippen molar-refractivity contribution in [1.82, 2.24) is 10.1 Å². The summed E-state index contributed by atoms with van der Waals surface area (Å²) < 4.78 is 10.8. The van der Waals surface area contributed by atoms with Crippen LogP contribution in [0.15, 0.2) is 59.1 Å². The summed E-state index contributed by atoms with van der Waals surface area (Å²) in [6, 6.07) is 19.0. The second-order valence-corrected chi connectivity index (χ2v) is 5.89. The molecule has 1 aromatic heterocycles. The highest BCUT2D eigenvalue weighted by atomic mass is 16.5. The van der Waals surface area contributed by atoms with Crippen molar-refractivity contribution in [2.24, 2.45) is 0 Å². The third-order valence-electron chi connectivity index (χ3n) is 4.45. The molecule has 3 aromatic rings. The summed E-state index contributed by atoms with van der Waals surface area (Å²) in [5.41, 5.74) is 2.21. The molecule has 0 amide bonds. The first-order valence-electron chi connectivity index (χ1n) is 8.15. The van der Waals surface area contributed by atoms with Crippen LogP contribution in [0.2, 0.25) is 0 Å². The lowest BCUT2D eigenvalue weighted by Crippen LogP contribution is -2.22. The van der Waals surface area contributed by atoms with Crippen molar-refractivity contribution in [3.63, 3.8) is 0 Å². The van der Waals surface area contributed by atoms with Gasteiger partial charge in [0.05, 0.1) is 13.2 Å². The molecule has 0 unspecified atom stereocenters. The molecule has 1 aliphatic heterocycles. The van der Waals surface area contributed by atoms with E-state index in [2.05, 4.69) is 27.2 Å². The number of hydrogen-bond donors (Lipinski definition) is 0. The Morgan fingerprint density at radius 3 is 2.62 bits per heavy atom. The van der Waals surface area contributed by atoms with Crippen molar-refractivity contribution in [2.45, 2.75) is 18.9 Å². The van der Waals surface area contributed by atoms with Crippen molar-refractivity contribution in [2.75, 3.05) is 18.6 Å². The van der Waals surface area contributed by atoms with Crippen LogP contribution in [-0.2, 0) is 0 Å². The molecule has 1 atom stereocenters. The maximum absolute atomic E-state index is 5.54. The summed E-state index contributed by atoms with van der Waals surface area (Å²) in [5, 5.41) is 4.14. The van der Waals surface area contributed by atoms with Gasteiger partial charge in [0.25, 0.3) is 0 Å². The van der Waals surface area contributed by atoms with Gasteiger partial charge in [-0.05, 0) is 30.5 Å². The Balaban J connectivity index is 1.60. The van der Waals surface area contributed by atoms with Crippen LogP contribution in [0.25, 0.3) is 11.4 Å². The van der Waals surface area contributed by atoms with E-state index in [0.29, 0.717) is 11.8 Å². The van der Waals surface area contributed by atoms with Gasteiger partial charge in [-0.15, -0.1) is 0 Å². The molecule has 1 fully saturated rings. The van der Waals surface area contributed by atoms with Crippen LogP contribution in [0.1, 0.15) is 24.4 Å². The number of ether oxygens (including phenoxy) is 1. The van der Waals surface area contributed by atoms with Crippen LogP contribution in [0, 0.1) is 0 Å². The van der Waals surface area contributed by atoms with Crippen LogP contribution in [-0.4, -0.2) is 23.8 Å². The summed E-state index contributed by atoms with van der Waals surface area (Å²) in [6.45, 7) is 0.924. The average Bonchev–Trinajstić information content (AvgIpc) is 3.32. The van der Waals surface area contributed by atoms with Crippen LogP contribution >= 0.6 is 0 Å². The SMILES string of the molecule is COc1ccc([C@H]2CCCN2c2nc(-c3ccccc3)no2)cc1. The third kappa shape index (κ3) is 2.73. The van der Waals surface area contributed by atoms with E-state index in [1.54, 1.807) is 7.11 Å². The lowest BCUT2D eigenvalue weighted by molar-refractivity contribution is 0.410. The zero-order chi connectivity index (χ0) is 16.4. The Hall–Kier alpha value is -2.82. The first-order valence-corrected chi connectivity index (χ1v) is 8.15. The molecule has 0 aliphatic carbocycles. The second kappa shape index (κ2) is 6.35. The van der Waals surface area contributed by atoms with Crippen molar-refractivity contribution < 1.29 is 9.26 Å². The average molecular weight is 321 g/mol. The smallest absolute Gasteiger partial charge is 0.324 e. The molecule has 5 heteroatoms. The van der Waals surface area contributed by atoms with Gasteiger partial charge in [-0.3, -0.25) is 0 Å². The maximum Gasteiger partial charge on any atom is 0.324 e. The molecule has 0 N–H and O–H groups in total. The van der Waals surface area contributed by atoms with E-state index < -0.39 is 0 Å². The van der Waals surface area contributed by atoms with Crippen LogP contribution in [0.4, 0.5) is 6.01 Å². The van der Waals surface area contributed by atoms with Gasteiger partial charge >= 0.3 is 6.01 Å². The predicted octanol–water partition coefficient (Wildman–Crippen LogP) is 4.09. The number of methoxy groups -OCH3 is 1. The zero-order valence-corrected chi connectivity index (χ0v) is 13.6. The lowest BCUT2D eigenvalue weighted by Gasteiger charge is -2.22. The molecule has 122 valence electrons. The van der Waals surface area contributed by atoms with Crippen molar-refractivity contribution in [3.05, 3.63) is 60.2 Å². The zero-order valence-electron chi connectivity index (χ0n) is 13.6. The largest absolute Gasteiger partial charge is 0.497 e. The lowest BCUT2D eigenvalue weighted by atomic mass is 10.0. The van der Waals surface area contributed by atoms with E-state index in [9.17, 15) is 0 Å². The summed E-state index contributed by atoms with van der Waals surface area (Å²) in [5.74, 6) is 1.50. The molecule has 5 nitrogen and oxygen atoms in total. The van der Waals surface area contributed by atoms with Gasteiger partial charge < -0.3 is 14.2 Å². The van der Waals surface area contributed by atoms with Gasteiger partial charge in [0.1, 0.15) is 5.75 Å². The molecular formula is C19H19N3O2. The highest BCUT2D eigenvalue weighted by Crippen LogP contribution is 2.36. The minimum Gasteiger partial charge on any atom is -0.497 e. The number of nitrogens with zero attached hydrogens (tertiary/aromatic N) is 3. The van der Waals surface area contributed by atoms with Crippen molar-refractivity contribution >= 4 is 6.01 Å². The quantitative estimate of drug-likeness (QED) is 0.724. The highest BCUT2D eigenvalue weighted by Gasteiger charge is 2.30. The molecule has 0 saturated carbocycles. The normalized spacial score (nSPS) is 17.2. The summed E-state index contributed by atoms with van der Waals surface area (Å²) in [6.07, 6.45) is 2.19. The third-order valence-corrected chi connectivity index (χ3v) is 4.45. The van der Waals surface area contributed by atoms with Gasteiger partial charge in [0, 0.05) is 12.1 Å². The Bertz CT molecular complexity index is 799. The fourth-order valence-electron chi connectivity index (χ4n) is 3.20. The molecule has 1 aliphatic rings. The molecule has 1 saturated heterocycles. The van der Waals surface area contributed by atoms with E-state index >= 15 is 0 Å². The number of benzene rings is 2. The molecule has 4 rings (SSSR count). The van der Waals surface area contributed by atoms with E-state index in [1.807, 2.05) is 42.5 Å². The predicted molar refractivity (Wildman–Crippen MR) is 92.0 cm³/mol. The Labute approximate surface area is 140 Å². The standard InChI is InChI=1S/C19H19N3O2/c1-23-16-11-9-14(10-12-16)17-8-5-13-22(17)19-20-18(21-24-19)15-6-3-2-4-7-15/h2-4,6-7,9-12,17H,5,8,13H2,1H3/t17-/m1/s1. The highest BCUT2D eigenvalue weighted by molar-refractivity contribution is 5.55. The fraction of sp³-hybridized carbons (Fsp3) is 0.263. The molecular weight excluding hydrogens is 302 g/mol. The number of aromatic nitrogens is 2. The van der Waals surface area contributed by atoms with E-state index in [0.717, 1.165) is 30.7 Å². The molecule has 0 bridgehead atoms. The topological polar surface area (TPSA) is 51.4 Å². The van der Waals surface area contributed by atoms with E-state index in [4.69, 9.17) is 9.26 Å². The molecule has 0 spiro atoms. The Morgan fingerprint density at radius 2 is 1.88 bits per heavy atom. The van der Waals surface area contributed by atoms with Gasteiger partial charge in [-0.1, -0.05) is 47.6 Å². The number of rotatable bonds is 4. The molecule has 2 aromatic carbocycles. The maximum atomic E-state index is 5.54. The van der Waals surface area contributed by atoms with Gasteiger partial charge in [-0.25, -0.2) is 0 Å².